The summed E-state index contributed by atoms with van der Waals surface area (Å²) in [6.07, 6.45) is 2.32. The van der Waals surface area contributed by atoms with Gasteiger partial charge in [0.05, 0.1) is 19.2 Å². The molecule has 1 saturated heterocycles. The number of carbonyl (C=O) groups excluding carboxylic acids is 1. The van der Waals surface area contributed by atoms with Crippen molar-refractivity contribution in [2.75, 3.05) is 20.2 Å². The fourth-order valence-corrected chi connectivity index (χ4v) is 3.96. The lowest BCUT2D eigenvalue weighted by atomic mass is 9.93. The topological polar surface area (TPSA) is 42.4 Å². The molecule has 154 valence electrons. The zero-order valence-corrected chi connectivity index (χ0v) is 17.1. The fourth-order valence-electron chi connectivity index (χ4n) is 3.96. The van der Waals surface area contributed by atoms with E-state index in [1.807, 2.05) is 53.4 Å². The molecule has 5 heteroatoms. The first-order valence-corrected chi connectivity index (χ1v) is 10.3. The van der Waals surface area contributed by atoms with Crippen molar-refractivity contribution in [1.29, 1.82) is 0 Å². The van der Waals surface area contributed by atoms with Crippen LogP contribution in [-0.2, 0) is 11.2 Å². The number of carbonyl (C=O) groups is 1. The number of benzene rings is 2. The average molecular weight is 404 g/mol. The minimum absolute atomic E-state index is 0.131. The fraction of sp³-hybridized carbons (Fsp3) is 0.280. The molecule has 3 aromatic rings. The van der Waals surface area contributed by atoms with E-state index in [9.17, 15) is 9.18 Å². The molecule has 2 aromatic carbocycles. The smallest absolute Gasteiger partial charge is 0.227 e. The SMILES string of the molecule is COc1ccc(CC(=O)N2CCC[C@H](c3cccc(-c4cccc(F)c4)n3)C2)cc1. The molecule has 1 aromatic heterocycles. The largest absolute Gasteiger partial charge is 0.497 e. The van der Waals surface area contributed by atoms with Crippen LogP contribution in [0.5, 0.6) is 5.75 Å². The van der Waals surface area contributed by atoms with Crippen LogP contribution >= 0.6 is 0 Å². The number of hydrogen-bond acceptors (Lipinski definition) is 3. The highest BCUT2D eigenvalue weighted by molar-refractivity contribution is 5.79. The quantitative estimate of drug-likeness (QED) is 0.611. The summed E-state index contributed by atoms with van der Waals surface area (Å²) in [7, 11) is 1.63. The Kier molecular flexibility index (Phi) is 6.07. The molecule has 4 rings (SSSR count). The van der Waals surface area contributed by atoms with Crippen molar-refractivity contribution in [3.8, 4) is 17.0 Å². The summed E-state index contributed by atoms with van der Waals surface area (Å²) in [6.45, 7) is 1.43. The molecule has 0 radical (unpaired) electrons. The molecule has 1 aliphatic heterocycles. The number of hydrogen-bond donors (Lipinski definition) is 0. The number of pyridine rings is 1. The van der Waals surface area contributed by atoms with E-state index in [4.69, 9.17) is 9.72 Å². The number of piperidine rings is 1. The maximum Gasteiger partial charge on any atom is 0.227 e. The number of amides is 1. The van der Waals surface area contributed by atoms with Crippen molar-refractivity contribution in [2.45, 2.75) is 25.2 Å². The monoisotopic (exact) mass is 404 g/mol. The number of aromatic nitrogens is 1. The van der Waals surface area contributed by atoms with E-state index in [0.29, 0.717) is 13.0 Å². The van der Waals surface area contributed by atoms with Gasteiger partial charge in [0.1, 0.15) is 11.6 Å². The molecule has 0 N–H and O–H groups in total. The molecular weight excluding hydrogens is 379 g/mol. The molecule has 2 heterocycles. The van der Waals surface area contributed by atoms with Gasteiger partial charge in [0, 0.05) is 30.3 Å². The second kappa shape index (κ2) is 9.08. The normalized spacial score (nSPS) is 16.3. The summed E-state index contributed by atoms with van der Waals surface area (Å²) in [6, 6.07) is 20.0. The maximum atomic E-state index is 13.6. The number of likely N-dealkylation sites (tertiary alicyclic amines) is 1. The van der Waals surface area contributed by atoms with Crippen LogP contribution in [0.25, 0.3) is 11.3 Å². The van der Waals surface area contributed by atoms with Gasteiger partial charge >= 0.3 is 0 Å². The Morgan fingerprint density at radius 1 is 1.13 bits per heavy atom. The molecule has 1 aliphatic rings. The van der Waals surface area contributed by atoms with Crippen LogP contribution < -0.4 is 4.74 Å². The molecule has 30 heavy (non-hydrogen) atoms. The molecule has 1 fully saturated rings. The standard InChI is InChI=1S/C25H25FN2O2/c1-30-22-12-10-18(11-13-22)15-25(29)28-14-4-6-20(17-28)24-9-3-8-23(27-24)19-5-2-7-21(26)16-19/h2-3,5,7-13,16,20H,4,6,14-15,17H2,1H3/t20-/m0/s1. The van der Waals surface area contributed by atoms with Crippen LogP contribution in [0.3, 0.4) is 0 Å². The minimum atomic E-state index is -0.271. The van der Waals surface area contributed by atoms with Gasteiger partial charge in [0.2, 0.25) is 5.91 Å². The van der Waals surface area contributed by atoms with Crippen LogP contribution in [0.1, 0.15) is 30.0 Å². The summed E-state index contributed by atoms with van der Waals surface area (Å²) in [5.74, 6) is 0.833. The van der Waals surface area contributed by atoms with Crippen LogP contribution in [-0.4, -0.2) is 36.0 Å². The third-order valence-corrected chi connectivity index (χ3v) is 5.60. The van der Waals surface area contributed by atoms with Crippen molar-refractivity contribution in [3.05, 3.63) is 83.8 Å². The van der Waals surface area contributed by atoms with Gasteiger partial charge in [0.15, 0.2) is 0 Å². The lowest BCUT2D eigenvalue weighted by Gasteiger charge is -2.32. The number of nitrogens with zero attached hydrogens (tertiary/aromatic N) is 2. The first-order valence-electron chi connectivity index (χ1n) is 10.3. The van der Waals surface area contributed by atoms with E-state index < -0.39 is 0 Å². The number of methoxy groups -OCH3 is 1. The molecule has 0 bridgehead atoms. The van der Waals surface area contributed by atoms with Crippen molar-refractivity contribution in [3.63, 3.8) is 0 Å². The Labute approximate surface area is 176 Å². The van der Waals surface area contributed by atoms with Crippen LogP contribution in [0.4, 0.5) is 4.39 Å². The first kappa shape index (κ1) is 20.1. The highest BCUT2D eigenvalue weighted by Crippen LogP contribution is 2.28. The molecule has 0 unspecified atom stereocenters. The average Bonchev–Trinajstić information content (AvgIpc) is 2.80. The lowest BCUT2D eigenvalue weighted by Crippen LogP contribution is -2.40. The van der Waals surface area contributed by atoms with E-state index in [0.717, 1.165) is 47.7 Å². The maximum absolute atomic E-state index is 13.6. The Hall–Kier alpha value is -3.21. The lowest BCUT2D eigenvalue weighted by molar-refractivity contribution is -0.131. The predicted molar refractivity (Wildman–Crippen MR) is 115 cm³/mol. The summed E-state index contributed by atoms with van der Waals surface area (Å²) in [5, 5.41) is 0. The predicted octanol–water partition coefficient (Wildman–Crippen LogP) is 4.85. The van der Waals surface area contributed by atoms with E-state index in [2.05, 4.69) is 0 Å². The van der Waals surface area contributed by atoms with Crippen molar-refractivity contribution >= 4 is 5.91 Å². The van der Waals surface area contributed by atoms with Gasteiger partial charge in [-0.2, -0.15) is 0 Å². The van der Waals surface area contributed by atoms with E-state index >= 15 is 0 Å². The van der Waals surface area contributed by atoms with Crippen LogP contribution in [0.15, 0.2) is 66.7 Å². The van der Waals surface area contributed by atoms with Crippen molar-refractivity contribution in [2.24, 2.45) is 0 Å². The van der Waals surface area contributed by atoms with E-state index in [1.54, 1.807) is 13.2 Å². The summed E-state index contributed by atoms with van der Waals surface area (Å²) in [4.78, 5) is 19.6. The van der Waals surface area contributed by atoms with Gasteiger partial charge in [-0.25, -0.2) is 4.39 Å². The first-order chi connectivity index (χ1) is 14.6. The van der Waals surface area contributed by atoms with Gasteiger partial charge < -0.3 is 9.64 Å². The molecular formula is C25H25FN2O2. The molecule has 0 aliphatic carbocycles. The van der Waals surface area contributed by atoms with Crippen LogP contribution in [0, 0.1) is 5.82 Å². The molecule has 1 amide bonds. The minimum Gasteiger partial charge on any atom is -0.497 e. The van der Waals surface area contributed by atoms with Gasteiger partial charge in [-0.3, -0.25) is 9.78 Å². The van der Waals surface area contributed by atoms with E-state index in [-0.39, 0.29) is 17.6 Å². The number of halogens is 1. The van der Waals surface area contributed by atoms with Gasteiger partial charge in [-0.1, -0.05) is 30.3 Å². The third-order valence-electron chi connectivity index (χ3n) is 5.60. The molecule has 0 spiro atoms. The zero-order valence-electron chi connectivity index (χ0n) is 17.1. The highest BCUT2D eigenvalue weighted by atomic mass is 19.1. The molecule has 0 saturated carbocycles. The Balaban J connectivity index is 1.45. The third kappa shape index (κ3) is 4.67. The molecule has 1 atom stereocenters. The highest BCUT2D eigenvalue weighted by Gasteiger charge is 2.25. The second-order valence-electron chi connectivity index (χ2n) is 7.66. The van der Waals surface area contributed by atoms with Crippen molar-refractivity contribution < 1.29 is 13.9 Å². The Bertz CT molecular complexity index is 1020. The number of ether oxygens (including phenoxy) is 1. The van der Waals surface area contributed by atoms with Crippen molar-refractivity contribution in [1.82, 2.24) is 9.88 Å². The van der Waals surface area contributed by atoms with Gasteiger partial charge in [-0.15, -0.1) is 0 Å². The zero-order chi connectivity index (χ0) is 20.9. The number of rotatable bonds is 5. The Morgan fingerprint density at radius 3 is 2.70 bits per heavy atom. The molecule has 4 nitrogen and oxygen atoms in total. The summed E-state index contributed by atoms with van der Waals surface area (Å²) < 4.78 is 18.8. The summed E-state index contributed by atoms with van der Waals surface area (Å²) in [5.41, 5.74) is 3.46. The second-order valence-corrected chi connectivity index (χ2v) is 7.66. The van der Waals surface area contributed by atoms with Gasteiger partial charge in [-0.05, 0) is 54.8 Å². The van der Waals surface area contributed by atoms with Gasteiger partial charge in [0.25, 0.3) is 0 Å². The van der Waals surface area contributed by atoms with Crippen LogP contribution in [0.2, 0.25) is 0 Å². The summed E-state index contributed by atoms with van der Waals surface area (Å²) >= 11 is 0. The van der Waals surface area contributed by atoms with E-state index in [1.165, 1.54) is 12.1 Å². The Morgan fingerprint density at radius 2 is 1.93 bits per heavy atom.